The summed E-state index contributed by atoms with van der Waals surface area (Å²) in [4.78, 5) is 6.10. The second-order valence-corrected chi connectivity index (χ2v) is 6.75. The minimum Gasteiger partial charge on any atom is -0.384 e. The predicted octanol–water partition coefficient (Wildman–Crippen LogP) is 0.283. The molecule has 1 aromatic heterocycles. The molecule has 2 N–H and O–H groups in total. The molecule has 1 saturated heterocycles. The maximum absolute atomic E-state index is 11.5. The molecule has 0 spiro atoms. The Morgan fingerprint density at radius 3 is 3.00 bits per heavy atom. The maximum atomic E-state index is 11.5. The molecule has 0 saturated carbocycles. The first kappa shape index (κ1) is 12.3. The second-order valence-electron chi connectivity index (χ2n) is 4.52. The average Bonchev–Trinajstić information content (AvgIpc) is 2.22. The van der Waals surface area contributed by atoms with E-state index in [4.69, 9.17) is 5.73 Å². The number of pyridine rings is 1. The number of hydrogen-bond donors (Lipinski definition) is 1. The minimum atomic E-state index is -2.84. The Hall–Kier alpha value is -1.14. The first-order chi connectivity index (χ1) is 7.96. The molecule has 1 aromatic rings. The van der Waals surface area contributed by atoms with Gasteiger partial charge in [-0.05, 0) is 24.6 Å². The summed E-state index contributed by atoms with van der Waals surface area (Å²) >= 11 is 0. The number of hydrogen-bond acceptors (Lipinski definition) is 5. The Bertz CT molecular complexity index is 501. The smallest absolute Gasteiger partial charge is 0.153 e. The summed E-state index contributed by atoms with van der Waals surface area (Å²) in [6, 6.07) is 3.80. The number of sulfone groups is 1. The zero-order valence-electron chi connectivity index (χ0n) is 9.83. The van der Waals surface area contributed by atoms with Gasteiger partial charge >= 0.3 is 0 Å². The molecule has 0 aromatic carbocycles. The lowest BCUT2D eigenvalue weighted by Gasteiger charge is -2.33. The largest absolute Gasteiger partial charge is 0.384 e. The van der Waals surface area contributed by atoms with Gasteiger partial charge in [0.15, 0.2) is 9.84 Å². The van der Waals surface area contributed by atoms with E-state index in [0.717, 1.165) is 12.1 Å². The molecule has 1 unspecified atom stereocenters. The lowest BCUT2D eigenvalue weighted by molar-refractivity contribution is 0.218. The van der Waals surface area contributed by atoms with Crippen LogP contribution in [0.4, 0.5) is 5.82 Å². The van der Waals surface area contributed by atoms with Crippen molar-refractivity contribution in [3.8, 4) is 0 Å². The highest BCUT2D eigenvalue weighted by Crippen LogP contribution is 2.15. The van der Waals surface area contributed by atoms with E-state index in [-0.39, 0.29) is 17.5 Å². The lowest BCUT2D eigenvalue weighted by atomic mass is 10.2. The topological polar surface area (TPSA) is 76.3 Å². The third kappa shape index (κ3) is 3.17. The standard InChI is InChI=1S/C11H17N3O2S/c1-9-8-17(15,16)5-4-14(9)7-10-2-3-13-11(12)6-10/h2-3,6,9H,4-5,7-8H2,1H3,(H2,12,13). The minimum absolute atomic E-state index is 0.0585. The van der Waals surface area contributed by atoms with Crippen molar-refractivity contribution in [3.63, 3.8) is 0 Å². The molecule has 1 atom stereocenters. The molecule has 1 fully saturated rings. The van der Waals surface area contributed by atoms with E-state index < -0.39 is 9.84 Å². The Morgan fingerprint density at radius 1 is 1.59 bits per heavy atom. The average molecular weight is 255 g/mol. The number of rotatable bonds is 2. The highest BCUT2D eigenvalue weighted by Gasteiger charge is 2.27. The van der Waals surface area contributed by atoms with Crippen LogP contribution in [0.1, 0.15) is 12.5 Å². The van der Waals surface area contributed by atoms with Crippen molar-refractivity contribution in [3.05, 3.63) is 23.9 Å². The van der Waals surface area contributed by atoms with Crippen molar-refractivity contribution in [1.29, 1.82) is 0 Å². The van der Waals surface area contributed by atoms with Crippen molar-refractivity contribution in [2.24, 2.45) is 0 Å². The Labute approximate surface area is 102 Å². The van der Waals surface area contributed by atoms with Crippen LogP contribution in [0.3, 0.4) is 0 Å². The van der Waals surface area contributed by atoms with Gasteiger partial charge in [-0.2, -0.15) is 0 Å². The number of nitrogens with zero attached hydrogens (tertiary/aromatic N) is 2. The molecule has 5 nitrogen and oxygen atoms in total. The number of nitrogen functional groups attached to an aromatic ring is 1. The van der Waals surface area contributed by atoms with Crippen LogP contribution in [-0.2, 0) is 16.4 Å². The van der Waals surface area contributed by atoms with Crippen molar-refractivity contribution in [1.82, 2.24) is 9.88 Å². The van der Waals surface area contributed by atoms with Gasteiger partial charge in [0.2, 0.25) is 0 Å². The van der Waals surface area contributed by atoms with Crippen LogP contribution in [0.25, 0.3) is 0 Å². The summed E-state index contributed by atoms with van der Waals surface area (Å²) in [6.45, 7) is 3.26. The van der Waals surface area contributed by atoms with Gasteiger partial charge in [-0.3, -0.25) is 4.90 Å². The van der Waals surface area contributed by atoms with E-state index in [1.165, 1.54) is 0 Å². The van der Waals surface area contributed by atoms with Crippen molar-refractivity contribution in [2.45, 2.75) is 19.5 Å². The molecule has 0 amide bonds. The van der Waals surface area contributed by atoms with E-state index in [0.29, 0.717) is 12.4 Å². The van der Waals surface area contributed by atoms with Gasteiger partial charge in [0.05, 0.1) is 11.5 Å². The first-order valence-electron chi connectivity index (χ1n) is 5.61. The van der Waals surface area contributed by atoms with E-state index in [9.17, 15) is 8.42 Å². The van der Waals surface area contributed by atoms with Crippen LogP contribution in [0.2, 0.25) is 0 Å². The van der Waals surface area contributed by atoms with E-state index >= 15 is 0 Å². The Morgan fingerprint density at radius 2 is 2.35 bits per heavy atom. The van der Waals surface area contributed by atoms with E-state index in [1.807, 2.05) is 19.1 Å². The van der Waals surface area contributed by atoms with Crippen LogP contribution in [0.15, 0.2) is 18.3 Å². The second kappa shape index (κ2) is 4.62. The summed E-state index contributed by atoms with van der Waals surface area (Å²) < 4.78 is 22.9. The Kier molecular flexibility index (Phi) is 3.35. The molecule has 2 rings (SSSR count). The fourth-order valence-corrected chi connectivity index (χ4v) is 3.72. The first-order valence-corrected chi connectivity index (χ1v) is 7.43. The van der Waals surface area contributed by atoms with Gasteiger partial charge in [-0.15, -0.1) is 0 Å². The Balaban J connectivity index is 2.05. The monoisotopic (exact) mass is 255 g/mol. The van der Waals surface area contributed by atoms with Gasteiger partial charge in [0.1, 0.15) is 5.82 Å². The summed E-state index contributed by atoms with van der Waals surface area (Å²) in [5, 5.41) is 0. The lowest BCUT2D eigenvalue weighted by Crippen LogP contribution is -2.46. The van der Waals surface area contributed by atoms with Crippen molar-refractivity contribution in [2.75, 3.05) is 23.8 Å². The van der Waals surface area contributed by atoms with Crippen molar-refractivity contribution >= 4 is 15.7 Å². The molecule has 94 valence electrons. The number of anilines is 1. The predicted molar refractivity (Wildman–Crippen MR) is 67.2 cm³/mol. The van der Waals surface area contributed by atoms with Gasteiger partial charge in [0, 0.05) is 25.3 Å². The molecule has 1 aliphatic heterocycles. The number of nitrogens with two attached hydrogens (primary N) is 1. The van der Waals surface area contributed by atoms with E-state index in [1.54, 1.807) is 6.20 Å². The molecule has 0 radical (unpaired) electrons. The summed E-state index contributed by atoms with van der Waals surface area (Å²) in [5.74, 6) is 0.991. The van der Waals surface area contributed by atoms with Gasteiger partial charge in [-0.1, -0.05) is 0 Å². The number of aromatic nitrogens is 1. The molecular formula is C11H17N3O2S. The van der Waals surface area contributed by atoms with Gasteiger partial charge < -0.3 is 5.73 Å². The normalized spacial score (nSPS) is 24.6. The van der Waals surface area contributed by atoms with Crippen LogP contribution >= 0.6 is 0 Å². The molecule has 1 aliphatic rings. The zero-order valence-corrected chi connectivity index (χ0v) is 10.7. The quantitative estimate of drug-likeness (QED) is 0.821. The molecule has 17 heavy (non-hydrogen) atoms. The van der Waals surface area contributed by atoms with Crippen LogP contribution in [-0.4, -0.2) is 42.4 Å². The highest BCUT2D eigenvalue weighted by atomic mass is 32.2. The van der Waals surface area contributed by atoms with Crippen LogP contribution in [0.5, 0.6) is 0 Å². The molecule has 6 heteroatoms. The summed E-state index contributed by atoms with van der Waals surface area (Å²) in [6.07, 6.45) is 1.68. The summed E-state index contributed by atoms with van der Waals surface area (Å²) in [7, 11) is -2.84. The van der Waals surface area contributed by atoms with E-state index in [2.05, 4.69) is 9.88 Å². The third-order valence-corrected chi connectivity index (χ3v) is 4.83. The molecule has 0 bridgehead atoms. The highest BCUT2D eigenvalue weighted by molar-refractivity contribution is 7.91. The van der Waals surface area contributed by atoms with Gasteiger partial charge in [-0.25, -0.2) is 13.4 Å². The maximum Gasteiger partial charge on any atom is 0.153 e. The molecular weight excluding hydrogens is 238 g/mol. The van der Waals surface area contributed by atoms with Crippen LogP contribution < -0.4 is 5.73 Å². The zero-order chi connectivity index (χ0) is 12.5. The fourth-order valence-electron chi connectivity index (χ4n) is 2.10. The third-order valence-electron chi connectivity index (χ3n) is 3.04. The molecule has 2 heterocycles. The van der Waals surface area contributed by atoms with Gasteiger partial charge in [0.25, 0.3) is 0 Å². The fraction of sp³-hybridized carbons (Fsp3) is 0.545. The van der Waals surface area contributed by atoms with Crippen LogP contribution in [0, 0.1) is 0 Å². The molecule has 0 aliphatic carbocycles. The van der Waals surface area contributed by atoms with Crippen molar-refractivity contribution < 1.29 is 8.42 Å². The summed E-state index contributed by atoms with van der Waals surface area (Å²) in [5.41, 5.74) is 6.69. The SMILES string of the molecule is CC1CS(=O)(=O)CCN1Cc1ccnc(N)c1.